The summed E-state index contributed by atoms with van der Waals surface area (Å²) in [6, 6.07) is 0. The quantitative estimate of drug-likeness (QED) is 0.0264. The van der Waals surface area contributed by atoms with Crippen LogP contribution in [0.15, 0.2) is 122 Å². The number of phosphoric acid groups is 1. The highest BCUT2D eigenvalue weighted by atomic mass is 31.2. The van der Waals surface area contributed by atoms with Crippen molar-refractivity contribution in [1.29, 1.82) is 0 Å². The number of unbranched alkanes of at least 4 members (excludes halogenated alkanes) is 32. The molecule has 0 amide bonds. The summed E-state index contributed by atoms with van der Waals surface area (Å²) >= 11 is 0. The summed E-state index contributed by atoms with van der Waals surface area (Å²) in [4.78, 5) is 35.3. The first-order valence-corrected chi connectivity index (χ1v) is 36.5. The van der Waals surface area contributed by atoms with E-state index in [0.29, 0.717) is 6.42 Å². The lowest BCUT2D eigenvalue weighted by atomic mass is 10.0. The van der Waals surface area contributed by atoms with E-state index in [1.165, 1.54) is 180 Å². The second kappa shape index (κ2) is 69.5. The summed E-state index contributed by atoms with van der Waals surface area (Å²) in [5.41, 5.74) is 5.40. The summed E-state index contributed by atoms with van der Waals surface area (Å²) in [6.07, 6.45) is 97.1. The van der Waals surface area contributed by atoms with Crippen LogP contribution in [0.4, 0.5) is 0 Å². The van der Waals surface area contributed by atoms with Gasteiger partial charge in [0.05, 0.1) is 13.2 Å². The second-order valence-electron chi connectivity index (χ2n) is 23.0. The van der Waals surface area contributed by atoms with Gasteiger partial charge in [0.1, 0.15) is 6.61 Å². The van der Waals surface area contributed by atoms with Crippen LogP contribution in [-0.2, 0) is 32.7 Å². The molecule has 0 heterocycles. The normalized spacial score (nSPS) is 13.7. The third-order valence-electron chi connectivity index (χ3n) is 14.8. The maximum absolute atomic E-state index is 12.8. The first-order chi connectivity index (χ1) is 41.8. The topological polar surface area (TPSA) is 134 Å². The molecule has 2 unspecified atom stereocenters. The Balaban J connectivity index is 3.87. The molecular formula is C75H130NO8P. The molecule has 0 radical (unpaired) electrons. The fourth-order valence-electron chi connectivity index (χ4n) is 9.68. The molecule has 85 heavy (non-hydrogen) atoms. The van der Waals surface area contributed by atoms with Gasteiger partial charge in [-0.2, -0.15) is 0 Å². The molecule has 0 fully saturated rings. The number of carbonyl (C=O) groups is 2. The minimum Gasteiger partial charge on any atom is -0.462 e. The van der Waals surface area contributed by atoms with Crippen LogP contribution in [0.1, 0.15) is 309 Å². The fraction of sp³-hybridized carbons (Fsp3) is 0.707. The Morgan fingerprint density at radius 2 is 0.647 bits per heavy atom. The van der Waals surface area contributed by atoms with E-state index in [4.69, 9.17) is 24.3 Å². The van der Waals surface area contributed by atoms with Crippen LogP contribution in [0.3, 0.4) is 0 Å². The lowest BCUT2D eigenvalue weighted by Gasteiger charge is -2.19. The third kappa shape index (κ3) is 69.4. The van der Waals surface area contributed by atoms with E-state index in [0.717, 1.165) is 96.3 Å². The molecule has 0 aromatic rings. The van der Waals surface area contributed by atoms with Crippen molar-refractivity contribution in [3.63, 3.8) is 0 Å². The summed E-state index contributed by atoms with van der Waals surface area (Å²) in [6.45, 7) is 3.64. The van der Waals surface area contributed by atoms with Crippen LogP contribution in [0.2, 0.25) is 0 Å². The highest BCUT2D eigenvalue weighted by Crippen LogP contribution is 2.43. The molecule has 0 aromatic carbocycles. The predicted octanol–water partition coefficient (Wildman–Crippen LogP) is 23.1. The van der Waals surface area contributed by atoms with Crippen LogP contribution in [0.25, 0.3) is 0 Å². The number of rotatable bonds is 65. The van der Waals surface area contributed by atoms with Crippen LogP contribution in [0, 0.1) is 0 Å². The lowest BCUT2D eigenvalue weighted by Crippen LogP contribution is -2.29. The van der Waals surface area contributed by atoms with E-state index in [2.05, 4.69) is 135 Å². The Bertz CT molecular complexity index is 1810. The lowest BCUT2D eigenvalue weighted by molar-refractivity contribution is -0.161. The zero-order chi connectivity index (χ0) is 61.6. The van der Waals surface area contributed by atoms with Gasteiger partial charge in [0.15, 0.2) is 6.10 Å². The Kier molecular flexibility index (Phi) is 66.6. The predicted molar refractivity (Wildman–Crippen MR) is 367 cm³/mol. The van der Waals surface area contributed by atoms with Gasteiger partial charge in [-0.25, -0.2) is 4.57 Å². The number of ether oxygens (including phenoxy) is 2. The zero-order valence-electron chi connectivity index (χ0n) is 54.8. The Morgan fingerprint density at radius 1 is 0.365 bits per heavy atom. The van der Waals surface area contributed by atoms with Crippen LogP contribution >= 0.6 is 7.82 Å². The van der Waals surface area contributed by atoms with Gasteiger partial charge in [0.2, 0.25) is 0 Å². The Morgan fingerprint density at radius 3 is 0.965 bits per heavy atom. The van der Waals surface area contributed by atoms with Crippen molar-refractivity contribution in [3.8, 4) is 0 Å². The monoisotopic (exact) mass is 1200 g/mol. The fourth-order valence-corrected chi connectivity index (χ4v) is 10.5. The van der Waals surface area contributed by atoms with Crippen molar-refractivity contribution in [1.82, 2.24) is 0 Å². The maximum Gasteiger partial charge on any atom is 0.472 e. The first kappa shape index (κ1) is 81.4. The average molecular weight is 1200 g/mol. The minimum absolute atomic E-state index is 0.0501. The Labute approximate surface area is 523 Å². The summed E-state index contributed by atoms with van der Waals surface area (Å²) in [5.74, 6) is -0.824. The molecular weight excluding hydrogens is 1070 g/mol. The van der Waals surface area contributed by atoms with Gasteiger partial charge in [-0.15, -0.1) is 0 Å². The van der Waals surface area contributed by atoms with Crippen molar-refractivity contribution in [2.45, 2.75) is 315 Å². The van der Waals surface area contributed by atoms with E-state index < -0.39 is 26.5 Å². The average Bonchev–Trinajstić information content (AvgIpc) is 3.52. The van der Waals surface area contributed by atoms with E-state index in [-0.39, 0.29) is 38.6 Å². The van der Waals surface area contributed by atoms with Crippen molar-refractivity contribution in [2.75, 3.05) is 26.4 Å². The molecule has 9 nitrogen and oxygen atoms in total. The summed E-state index contributed by atoms with van der Waals surface area (Å²) in [7, 11) is -4.40. The van der Waals surface area contributed by atoms with Crippen molar-refractivity contribution >= 4 is 19.8 Å². The van der Waals surface area contributed by atoms with Gasteiger partial charge in [-0.3, -0.25) is 18.6 Å². The van der Waals surface area contributed by atoms with Gasteiger partial charge >= 0.3 is 19.8 Å². The van der Waals surface area contributed by atoms with E-state index in [9.17, 15) is 19.0 Å². The van der Waals surface area contributed by atoms with Crippen molar-refractivity contribution in [3.05, 3.63) is 122 Å². The van der Waals surface area contributed by atoms with Gasteiger partial charge < -0.3 is 20.1 Å². The van der Waals surface area contributed by atoms with E-state index in [1.807, 2.05) is 0 Å². The molecule has 0 bridgehead atoms. The number of hydrogen-bond acceptors (Lipinski definition) is 8. The number of carbonyl (C=O) groups excluding carboxylic acids is 2. The van der Waals surface area contributed by atoms with Crippen LogP contribution < -0.4 is 5.73 Å². The largest absolute Gasteiger partial charge is 0.472 e. The molecule has 0 saturated heterocycles. The highest BCUT2D eigenvalue weighted by Gasteiger charge is 2.26. The first-order valence-electron chi connectivity index (χ1n) is 35.0. The highest BCUT2D eigenvalue weighted by molar-refractivity contribution is 7.47. The molecule has 0 saturated carbocycles. The molecule has 488 valence electrons. The van der Waals surface area contributed by atoms with Crippen LogP contribution in [0.5, 0.6) is 0 Å². The Hall–Kier alpha value is -3.59. The number of esters is 2. The number of hydrogen-bond donors (Lipinski definition) is 2. The number of allylic oxidation sites excluding steroid dienone is 20. The maximum atomic E-state index is 12.8. The van der Waals surface area contributed by atoms with Crippen LogP contribution in [-0.4, -0.2) is 49.3 Å². The summed E-state index contributed by atoms with van der Waals surface area (Å²) < 4.78 is 33.2. The van der Waals surface area contributed by atoms with Gasteiger partial charge in [-0.05, 0) is 109 Å². The van der Waals surface area contributed by atoms with Crippen molar-refractivity contribution in [2.24, 2.45) is 5.73 Å². The third-order valence-corrected chi connectivity index (χ3v) is 15.8. The minimum atomic E-state index is -4.40. The number of phosphoric ester groups is 1. The van der Waals surface area contributed by atoms with Crippen molar-refractivity contribution < 1.29 is 37.6 Å². The summed E-state index contributed by atoms with van der Waals surface area (Å²) in [5, 5.41) is 0. The second-order valence-corrected chi connectivity index (χ2v) is 24.5. The van der Waals surface area contributed by atoms with Gasteiger partial charge in [0.25, 0.3) is 0 Å². The molecule has 0 aliphatic carbocycles. The molecule has 3 N–H and O–H groups in total. The molecule has 0 aromatic heterocycles. The van der Waals surface area contributed by atoms with E-state index in [1.54, 1.807) is 0 Å². The molecule has 0 spiro atoms. The molecule has 0 aliphatic heterocycles. The molecule has 10 heteroatoms. The molecule has 2 atom stereocenters. The molecule has 0 aliphatic rings. The van der Waals surface area contributed by atoms with Gasteiger partial charge in [-0.1, -0.05) is 309 Å². The van der Waals surface area contributed by atoms with Gasteiger partial charge in [0, 0.05) is 19.4 Å². The number of nitrogens with two attached hydrogens (primary N) is 1. The van der Waals surface area contributed by atoms with E-state index >= 15 is 0 Å². The zero-order valence-corrected chi connectivity index (χ0v) is 55.7. The smallest absolute Gasteiger partial charge is 0.462 e. The molecule has 0 rings (SSSR count). The SMILES string of the molecule is CC/C=C\C/C=C\C/C=C\C/C=C\C/C=C\C/C=C\C/C=C\C/C=C\CCCCCCCCCCCCCCCCCCC(=O)OC(COC(=O)CCCCCCCCCCCCC/C=C\C/C=C\CCCCCCC)COP(=O)(O)OCCN. The standard InChI is InChI=1S/C75H130NO8P/c1-3-5-7-9-11-13-15-17-19-21-23-25-27-28-29-30-31-32-33-34-35-36-37-38-39-40-41-42-43-44-46-48-50-52-54-56-58-60-62-64-66-68-75(78)84-73(72-83-85(79,80)82-70-69-76)71-81-74(77)67-65-63-61-59-57-55-53-51-49-47-45-26-24-22-20-18-16-14-12-10-8-6-4-2/h5,7,11,13,16-19,22-25,28-29,31-32,34-35,37-38,73H,3-4,6,8-10,12,14-15,20-21,26-27,30,33,36,39-72,76H2,1-2H3,(H,79,80)/b7-5-,13-11-,18-16-,19-17-,24-22-,25-23-,29-28-,32-31-,35-34-,38-37-.